The van der Waals surface area contributed by atoms with Crippen molar-refractivity contribution in [1.29, 1.82) is 0 Å². The molecule has 2 heterocycles. The van der Waals surface area contributed by atoms with Gasteiger partial charge in [-0.05, 0) is 27.2 Å². The topological polar surface area (TPSA) is 75.1 Å². The van der Waals surface area contributed by atoms with E-state index in [-0.39, 0.29) is 11.2 Å². The Morgan fingerprint density at radius 2 is 2.24 bits per heavy atom. The number of anilines is 1. The van der Waals surface area contributed by atoms with E-state index in [4.69, 9.17) is 0 Å². The first-order valence-electron chi connectivity index (χ1n) is 5.66. The number of aromatic nitrogens is 4. The second-order valence-corrected chi connectivity index (χ2v) is 4.77. The minimum atomic E-state index is -0.258. The van der Waals surface area contributed by atoms with Gasteiger partial charge in [-0.1, -0.05) is 6.92 Å². The molecule has 0 aliphatic heterocycles. The Morgan fingerprint density at radius 3 is 2.88 bits per heavy atom. The standard InChI is InChI=1S/C11H17N5O/c1-5-11(3,4)13-8-6-9-14-15-10(17)16(9)7(2)12-8/h6,13H,5H2,1-4H3,(H,15,17). The van der Waals surface area contributed by atoms with Crippen LogP contribution in [0.25, 0.3) is 5.65 Å². The van der Waals surface area contributed by atoms with E-state index in [2.05, 4.69) is 41.3 Å². The molecule has 0 saturated carbocycles. The SMILES string of the molecule is CCC(C)(C)Nc1cc2n[nH]c(=O)n2c(C)n1. The fourth-order valence-corrected chi connectivity index (χ4v) is 1.60. The maximum Gasteiger partial charge on any atom is 0.349 e. The number of nitrogens with zero attached hydrogens (tertiary/aromatic N) is 3. The van der Waals surface area contributed by atoms with Crippen molar-refractivity contribution in [3.05, 3.63) is 22.4 Å². The summed E-state index contributed by atoms with van der Waals surface area (Å²) in [6.07, 6.45) is 0.978. The van der Waals surface area contributed by atoms with Crippen molar-refractivity contribution in [3.63, 3.8) is 0 Å². The van der Waals surface area contributed by atoms with Gasteiger partial charge in [0.05, 0.1) is 0 Å². The molecule has 0 aliphatic rings. The number of rotatable bonds is 3. The Balaban J connectivity index is 2.48. The molecule has 2 N–H and O–H groups in total. The van der Waals surface area contributed by atoms with Gasteiger partial charge in [-0.2, -0.15) is 5.10 Å². The lowest BCUT2D eigenvalue weighted by atomic mass is 10.0. The van der Waals surface area contributed by atoms with Crippen LogP contribution in [0.1, 0.15) is 33.0 Å². The van der Waals surface area contributed by atoms with E-state index in [1.54, 1.807) is 13.0 Å². The lowest BCUT2D eigenvalue weighted by Gasteiger charge is -2.25. The van der Waals surface area contributed by atoms with Crippen LogP contribution in [0, 0.1) is 6.92 Å². The Bertz CT molecular complexity index is 595. The average molecular weight is 235 g/mol. The largest absolute Gasteiger partial charge is 0.365 e. The number of aromatic amines is 1. The van der Waals surface area contributed by atoms with Gasteiger partial charge in [0, 0.05) is 11.6 Å². The van der Waals surface area contributed by atoms with Gasteiger partial charge in [0.2, 0.25) is 0 Å². The lowest BCUT2D eigenvalue weighted by molar-refractivity contribution is 0.544. The molecule has 0 unspecified atom stereocenters. The van der Waals surface area contributed by atoms with Gasteiger partial charge in [0.1, 0.15) is 11.6 Å². The second-order valence-electron chi connectivity index (χ2n) is 4.77. The molecule has 0 amide bonds. The van der Waals surface area contributed by atoms with E-state index in [9.17, 15) is 4.79 Å². The third-order valence-electron chi connectivity index (χ3n) is 2.92. The minimum absolute atomic E-state index is 0.0333. The van der Waals surface area contributed by atoms with Crippen molar-refractivity contribution in [1.82, 2.24) is 19.6 Å². The van der Waals surface area contributed by atoms with Crippen LogP contribution in [0.4, 0.5) is 5.82 Å². The predicted octanol–water partition coefficient (Wildman–Crippen LogP) is 1.33. The molecule has 0 atom stereocenters. The molecule has 17 heavy (non-hydrogen) atoms. The van der Waals surface area contributed by atoms with E-state index in [0.29, 0.717) is 11.5 Å². The molecule has 0 saturated heterocycles. The highest BCUT2D eigenvalue weighted by Crippen LogP contribution is 2.17. The Labute approximate surface area is 99.1 Å². The van der Waals surface area contributed by atoms with E-state index >= 15 is 0 Å². The summed E-state index contributed by atoms with van der Waals surface area (Å²) in [5, 5.41) is 9.68. The van der Waals surface area contributed by atoms with Crippen molar-refractivity contribution < 1.29 is 0 Å². The first-order chi connectivity index (χ1) is 7.93. The van der Waals surface area contributed by atoms with Crippen molar-refractivity contribution >= 4 is 11.5 Å². The number of nitrogens with one attached hydrogen (secondary N) is 2. The summed E-state index contributed by atoms with van der Waals surface area (Å²) in [4.78, 5) is 15.8. The minimum Gasteiger partial charge on any atom is -0.365 e. The lowest BCUT2D eigenvalue weighted by Crippen LogP contribution is -2.30. The summed E-state index contributed by atoms with van der Waals surface area (Å²) in [6.45, 7) is 8.10. The number of hydrogen-bond donors (Lipinski definition) is 2. The molecule has 0 aliphatic carbocycles. The summed E-state index contributed by atoms with van der Waals surface area (Å²) >= 11 is 0. The van der Waals surface area contributed by atoms with Crippen LogP contribution in [-0.4, -0.2) is 25.1 Å². The molecule has 0 radical (unpaired) electrons. The second kappa shape index (κ2) is 3.87. The molecular weight excluding hydrogens is 218 g/mol. The van der Waals surface area contributed by atoms with E-state index in [1.165, 1.54) is 4.40 Å². The third kappa shape index (κ3) is 2.15. The summed E-state index contributed by atoms with van der Waals surface area (Å²) in [6, 6.07) is 1.77. The highest BCUT2D eigenvalue weighted by Gasteiger charge is 2.16. The zero-order valence-electron chi connectivity index (χ0n) is 10.5. The van der Waals surface area contributed by atoms with Crippen LogP contribution >= 0.6 is 0 Å². The highest BCUT2D eigenvalue weighted by molar-refractivity contribution is 5.50. The summed E-state index contributed by atoms with van der Waals surface area (Å²) < 4.78 is 1.45. The van der Waals surface area contributed by atoms with Gasteiger partial charge in [0.25, 0.3) is 0 Å². The van der Waals surface area contributed by atoms with Crippen LogP contribution in [0.2, 0.25) is 0 Å². The van der Waals surface area contributed by atoms with E-state index in [1.807, 2.05) is 0 Å². The molecular formula is C11H17N5O. The van der Waals surface area contributed by atoms with Crippen molar-refractivity contribution in [2.75, 3.05) is 5.32 Å². The molecule has 6 nitrogen and oxygen atoms in total. The molecule has 2 aromatic heterocycles. The van der Waals surface area contributed by atoms with E-state index < -0.39 is 0 Å². The normalized spacial score (nSPS) is 12.0. The monoisotopic (exact) mass is 235 g/mol. The van der Waals surface area contributed by atoms with Gasteiger partial charge in [-0.15, -0.1) is 0 Å². The van der Waals surface area contributed by atoms with Gasteiger partial charge >= 0.3 is 5.69 Å². The van der Waals surface area contributed by atoms with Gasteiger partial charge in [0.15, 0.2) is 5.65 Å². The Morgan fingerprint density at radius 1 is 1.53 bits per heavy atom. The molecule has 0 bridgehead atoms. The van der Waals surface area contributed by atoms with Crippen LogP contribution in [0.5, 0.6) is 0 Å². The van der Waals surface area contributed by atoms with Crippen LogP contribution in [0.15, 0.2) is 10.9 Å². The first-order valence-corrected chi connectivity index (χ1v) is 5.66. The van der Waals surface area contributed by atoms with Crippen molar-refractivity contribution in [3.8, 4) is 0 Å². The molecule has 2 aromatic rings. The maximum absolute atomic E-state index is 11.4. The highest BCUT2D eigenvalue weighted by atomic mass is 16.1. The third-order valence-corrected chi connectivity index (χ3v) is 2.92. The molecule has 0 spiro atoms. The maximum atomic E-state index is 11.4. The van der Waals surface area contributed by atoms with Crippen LogP contribution in [-0.2, 0) is 0 Å². The summed E-state index contributed by atoms with van der Waals surface area (Å²) in [5.41, 5.74) is 0.289. The molecule has 0 aromatic carbocycles. The number of fused-ring (bicyclic) bond motifs is 1. The van der Waals surface area contributed by atoms with Crippen LogP contribution in [0.3, 0.4) is 0 Å². The fourth-order valence-electron chi connectivity index (χ4n) is 1.60. The summed E-state index contributed by atoms with van der Waals surface area (Å²) in [5.74, 6) is 1.36. The Kier molecular flexibility index (Phi) is 2.65. The molecule has 2 rings (SSSR count). The van der Waals surface area contributed by atoms with Gasteiger partial charge in [-0.3, -0.25) is 0 Å². The van der Waals surface area contributed by atoms with Crippen molar-refractivity contribution in [2.45, 2.75) is 39.7 Å². The predicted molar refractivity (Wildman–Crippen MR) is 66.3 cm³/mol. The molecule has 0 fully saturated rings. The number of hydrogen-bond acceptors (Lipinski definition) is 4. The fraction of sp³-hybridized carbons (Fsp3) is 0.545. The van der Waals surface area contributed by atoms with Gasteiger partial charge < -0.3 is 5.32 Å². The zero-order chi connectivity index (χ0) is 12.6. The smallest absolute Gasteiger partial charge is 0.349 e. The Hall–Kier alpha value is -1.85. The average Bonchev–Trinajstić information content (AvgIpc) is 2.60. The van der Waals surface area contributed by atoms with Crippen molar-refractivity contribution in [2.24, 2.45) is 0 Å². The van der Waals surface area contributed by atoms with Gasteiger partial charge in [-0.25, -0.2) is 19.3 Å². The summed E-state index contributed by atoms with van der Waals surface area (Å²) in [7, 11) is 0. The number of H-pyrrole nitrogens is 1. The van der Waals surface area contributed by atoms with E-state index in [0.717, 1.165) is 12.2 Å². The number of aryl methyl sites for hydroxylation is 1. The zero-order valence-corrected chi connectivity index (χ0v) is 10.5. The quantitative estimate of drug-likeness (QED) is 0.841. The first kappa shape index (κ1) is 11.6. The molecule has 6 heteroatoms. The molecule has 92 valence electrons. The van der Waals surface area contributed by atoms with Crippen LogP contribution < -0.4 is 11.0 Å².